The van der Waals surface area contributed by atoms with Crippen LogP contribution < -0.4 is 5.32 Å². The number of pyridine rings is 2. The molecule has 10 rings (SSSR count). The number of aryl methyl sites for hydroxylation is 1. The number of carbonyl (C=O) groups is 2. The molecule has 276 valence electrons. The van der Waals surface area contributed by atoms with E-state index >= 15 is 4.39 Å². The van der Waals surface area contributed by atoms with E-state index in [-0.39, 0.29) is 75.8 Å². The van der Waals surface area contributed by atoms with Gasteiger partial charge in [0.2, 0.25) is 0 Å². The van der Waals surface area contributed by atoms with E-state index in [0.29, 0.717) is 45.5 Å². The summed E-state index contributed by atoms with van der Waals surface area (Å²) in [5.74, 6) is 0.271. The number of rotatable bonds is 7. The number of hydrogen-bond donors (Lipinski definition) is 1. The Morgan fingerprint density at radius 1 is 1.13 bits per heavy atom. The first-order chi connectivity index (χ1) is 26.0. The number of piperidine rings is 1. The summed E-state index contributed by atoms with van der Waals surface area (Å²) in [6, 6.07) is 15.0. The maximum absolute atomic E-state index is 17.6. The monoisotopic (exact) mass is 765 g/mol. The number of methoxy groups -OCH3 is 1. The zero-order chi connectivity index (χ0) is 37.7. The maximum atomic E-state index is 17.6. The summed E-state index contributed by atoms with van der Waals surface area (Å²) >= 11 is 13.2. The Labute approximate surface area is 321 Å². The Hall–Kier alpha value is -4.76. The number of likely N-dealkylation sites (tertiary alicyclic amines) is 1. The molecule has 2 amide bonds. The van der Waals surface area contributed by atoms with Gasteiger partial charge < -0.3 is 19.5 Å². The molecule has 7 atom stereocenters. The first kappa shape index (κ1) is 35.0. The first-order valence-electron chi connectivity index (χ1n) is 18.3. The van der Waals surface area contributed by atoms with Gasteiger partial charge in [-0.25, -0.2) is 14.2 Å². The quantitative estimate of drug-likeness (QED) is 0.178. The van der Waals surface area contributed by atoms with Gasteiger partial charge in [-0.1, -0.05) is 42.3 Å². The number of carbonyl (C=O) groups excluding carboxylic acids is 2. The fourth-order valence-electron chi connectivity index (χ4n) is 9.59. The van der Waals surface area contributed by atoms with Crippen LogP contribution in [0.15, 0.2) is 48.7 Å². The number of aromatic nitrogens is 3. The Balaban J connectivity index is 1.38. The first-order valence-corrected chi connectivity index (χ1v) is 19.1. The number of fused-ring (bicyclic) bond motifs is 5. The van der Waals surface area contributed by atoms with Gasteiger partial charge in [0, 0.05) is 78.5 Å². The van der Waals surface area contributed by atoms with Crippen molar-refractivity contribution in [3.05, 3.63) is 81.5 Å². The van der Waals surface area contributed by atoms with Crippen LogP contribution >= 0.6 is 23.2 Å². The fraction of sp³-hybridized carbons (Fsp3) is 0.390. The van der Waals surface area contributed by atoms with E-state index in [1.807, 2.05) is 11.0 Å². The molecule has 5 aromatic rings. The standard InChI is InChI=1S/C41H38Cl2FN7O3/c1-19-24-15-31(51(37(19)24)41(53)54-4)30-16-26-35(21-10-11-28(46-17-21)40(52)49(2)3)48-36-25(39(26)50(30)38-22-14-29(38)47-18-22)13-20(7-6-12-45)32(34(36)44)23-8-5-9-27(42)33(23)43/h5,8-11,13,16-17,19,22,24,29,31,37-38,47H,6-7,14-15,18H2,1-4H3/t19-,22-,24+,29-,31-,37-,38+/m1/s1. The second-order valence-corrected chi connectivity index (χ2v) is 16.1. The molecule has 2 saturated carbocycles. The topological polar surface area (TPSA) is 116 Å². The van der Waals surface area contributed by atoms with Gasteiger partial charge in [-0.2, -0.15) is 5.26 Å². The number of ether oxygens (including phenoxy) is 1. The Bertz CT molecular complexity index is 2430. The van der Waals surface area contributed by atoms with Gasteiger partial charge in [-0.15, -0.1) is 0 Å². The highest BCUT2D eigenvalue weighted by atomic mass is 35.5. The van der Waals surface area contributed by atoms with Crippen molar-refractivity contribution in [3.8, 4) is 28.5 Å². The molecule has 0 unspecified atom stereocenters. The molecule has 0 radical (unpaired) electrons. The highest BCUT2D eigenvalue weighted by Gasteiger charge is 2.62. The van der Waals surface area contributed by atoms with Gasteiger partial charge in [0.25, 0.3) is 5.91 Å². The highest BCUT2D eigenvalue weighted by molar-refractivity contribution is 6.43. The number of amides is 2. The summed E-state index contributed by atoms with van der Waals surface area (Å²) in [6.45, 7) is 3.04. The van der Waals surface area contributed by atoms with Crippen LogP contribution in [0.5, 0.6) is 0 Å². The smallest absolute Gasteiger partial charge is 0.410 e. The number of halogens is 3. The van der Waals surface area contributed by atoms with E-state index in [9.17, 15) is 14.9 Å². The van der Waals surface area contributed by atoms with Crippen LogP contribution in [0.3, 0.4) is 0 Å². The Morgan fingerprint density at radius 3 is 2.61 bits per heavy atom. The molecule has 13 heteroatoms. The molecular weight excluding hydrogens is 728 g/mol. The summed E-state index contributed by atoms with van der Waals surface area (Å²) in [6.07, 6.45) is 3.50. The lowest BCUT2D eigenvalue weighted by atomic mass is 9.79. The number of benzene rings is 2. The van der Waals surface area contributed by atoms with Gasteiger partial charge in [0.15, 0.2) is 5.82 Å². The lowest BCUT2D eigenvalue weighted by molar-refractivity contribution is 0.0821. The fourth-order valence-corrected chi connectivity index (χ4v) is 9.98. The van der Waals surface area contributed by atoms with Crippen molar-refractivity contribution in [2.45, 2.75) is 56.8 Å². The van der Waals surface area contributed by atoms with Gasteiger partial charge in [-0.05, 0) is 72.9 Å². The van der Waals surface area contributed by atoms with Gasteiger partial charge in [0.1, 0.15) is 11.2 Å². The highest BCUT2D eigenvalue weighted by Crippen LogP contribution is 2.60. The summed E-state index contributed by atoms with van der Waals surface area (Å²) in [5, 5.41) is 15.2. The van der Waals surface area contributed by atoms with E-state index in [2.05, 4.69) is 33.9 Å². The molecule has 5 aliphatic rings. The lowest BCUT2D eigenvalue weighted by Gasteiger charge is -2.39. The molecule has 2 aromatic carbocycles. The van der Waals surface area contributed by atoms with Crippen molar-refractivity contribution >= 4 is 57.0 Å². The molecule has 3 aliphatic heterocycles. The number of nitriles is 1. The third kappa shape index (κ3) is 5.14. The van der Waals surface area contributed by atoms with Crippen LogP contribution in [0.4, 0.5) is 9.18 Å². The summed E-state index contributed by atoms with van der Waals surface area (Å²) in [7, 11) is 4.76. The van der Waals surface area contributed by atoms with E-state index in [0.717, 1.165) is 36.0 Å². The van der Waals surface area contributed by atoms with Crippen molar-refractivity contribution in [3.63, 3.8) is 0 Å². The zero-order valence-corrected chi connectivity index (χ0v) is 31.7. The van der Waals surface area contributed by atoms with Crippen LogP contribution in [-0.2, 0) is 11.2 Å². The Kier molecular flexibility index (Phi) is 8.38. The minimum atomic E-state index is -0.573. The second kappa shape index (κ2) is 12.9. The molecule has 0 spiro atoms. The maximum Gasteiger partial charge on any atom is 0.410 e. The summed E-state index contributed by atoms with van der Waals surface area (Å²) in [4.78, 5) is 39.3. The molecule has 2 bridgehead atoms. The minimum absolute atomic E-state index is 0.0654. The summed E-state index contributed by atoms with van der Waals surface area (Å²) in [5.41, 5.74) is 4.57. The average Bonchev–Trinajstić information content (AvgIpc) is 3.75. The number of nitrogens with one attached hydrogen (secondary N) is 1. The SMILES string of the molecule is COC(=O)N1[C@@H]2[C@H](C)[C@@H]2C[C@@H]1c1cc2c(-c3ccc(C(=O)N(C)C)nc3)nc3c(F)c(-c4cccc(Cl)c4Cl)c(CCC#N)cc3c2n1[C@H]1[C@H]2CN[C@@H]1C2. The van der Waals surface area contributed by atoms with E-state index in [1.54, 1.807) is 50.6 Å². The molecular formula is C41H38Cl2FN7O3. The molecule has 3 aromatic heterocycles. The molecule has 2 aliphatic carbocycles. The van der Waals surface area contributed by atoms with E-state index in [4.69, 9.17) is 32.9 Å². The number of nitrogens with zero attached hydrogens (tertiary/aromatic N) is 6. The van der Waals surface area contributed by atoms with Gasteiger partial charge in [-0.3, -0.25) is 14.7 Å². The van der Waals surface area contributed by atoms with Crippen LogP contribution in [0.1, 0.15) is 60.0 Å². The van der Waals surface area contributed by atoms with Crippen LogP contribution in [0, 0.1) is 34.9 Å². The van der Waals surface area contributed by atoms with Crippen LogP contribution in [0.2, 0.25) is 10.0 Å². The second-order valence-electron chi connectivity index (χ2n) is 15.3. The largest absolute Gasteiger partial charge is 0.453 e. The lowest BCUT2D eigenvalue weighted by Crippen LogP contribution is -2.41. The molecule has 10 nitrogen and oxygen atoms in total. The number of hydrogen-bond acceptors (Lipinski definition) is 7. The van der Waals surface area contributed by atoms with Crippen LogP contribution in [-0.4, -0.2) is 76.2 Å². The normalized spacial score (nSPS) is 25.1. The van der Waals surface area contributed by atoms with Crippen LogP contribution in [0.25, 0.3) is 44.2 Å². The third-order valence-electron chi connectivity index (χ3n) is 12.3. The van der Waals surface area contributed by atoms with E-state index in [1.165, 1.54) is 12.0 Å². The average molecular weight is 767 g/mol. The van der Waals surface area contributed by atoms with Crippen molar-refractivity contribution in [2.75, 3.05) is 27.7 Å². The predicted molar refractivity (Wildman–Crippen MR) is 205 cm³/mol. The minimum Gasteiger partial charge on any atom is -0.453 e. The molecule has 54 heavy (non-hydrogen) atoms. The predicted octanol–water partition coefficient (Wildman–Crippen LogP) is 8.20. The molecule has 6 heterocycles. The Morgan fingerprint density at radius 2 is 1.94 bits per heavy atom. The summed E-state index contributed by atoms with van der Waals surface area (Å²) < 4.78 is 25.4. The molecule has 3 saturated heterocycles. The zero-order valence-electron chi connectivity index (χ0n) is 30.2. The van der Waals surface area contributed by atoms with Crippen molar-refractivity contribution in [1.29, 1.82) is 5.26 Å². The van der Waals surface area contributed by atoms with Gasteiger partial charge >= 0.3 is 6.09 Å². The van der Waals surface area contributed by atoms with Crippen molar-refractivity contribution in [1.82, 2.24) is 29.7 Å². The molecule has 5 fully saturated rings. The van der Waals surface area contributed by atoms with Crippen molar-refractivity contribution in [2.24, 2.45) is 17.8 Å². The molecule has 1 N–H and O–H groups in total. The third-order valence-corrected chi connectivity index (χ3v) is 13.1. The van der Waals surface area contributed by atoms with E-state index < -0.39 is 5.82 Å². The van der Waals surface area contributed by atoms with Crippen molar-refractivity contribution < 1.29 is 18.7 Å². The van der Waals surface area contributed by atoms with Gasteiger partial charge in [0.05, 0.1) is 46.5 Å².